The zero-order valence-electron chi connectivity index (χ0n) is 6.79. The fraction of sp³-hybridized carbons (Fsp3) is 0.444. The summed E-state index contributed by atoms with van der Waals surface area (Å²) in [5, 5.41) is 9.31. The lowest BCUT2D eigenvalue weighted by atomic mass is 9.92. The van der Waals surface area contributed by atoms with Gasteiger partial charge in [-0.25, -0.2) is 0 Å². The summed E-state index contributed by atoms with van der Waals surface area (Å²) in [5.41, 5.74) is 0.831. The van der Waals surface area contributed by atoms with Crippen molar-refractivity contribution in [1.82, 2.24) is 0 Å². The predicted molar refractivity (Wildman–Crippen MR) is 43.3 cm³/mol. The molecule has 0 heterocycles. The molecule has 1 atom stereocenters. The minimum Gasteiger partial charge on any atom is -0.512 e. The second kappa shape index (κ2) is 2.91. The first-order valence-electron chi connectivity index (χ1n) is 3.78. The summed E-state index contributed by atoms with van der Waals surface area (Å²) >= 11 is 0. The maximum absolute atomic E-state index is 11.2. The highest BCUT2D eigenvalue weighted by Gasteiger charge is 2.21. The predicted octanol–water partition coefficient (Wildman–Crippen LogP) is 1.98. The van der Waals surface area contributed by atoms with Gasteiger partial charge in [0.25, 0.3) is 0 Å². The molecule has 0 amide bonds. The Kier molecular flexibility index (Phi) is 2.13. The van der Waals surface area contributed by atoms with E-state index in [1.807, 2.05) is 6.92 Å². The van der Waals surface area contributed by atoms with Crippen LogP contribution in [0, 0.1) is 5.92 Å². The number of hydrogen-bond donors (Lipinski definition) is 1. The van der Waals surface area contributed by atoms with Crippen LogP contribution in [0.4, 0.5) is 0 Å². The summed E-state index contributed by atoms with van der Waals surface area (Å²) in [5.74, 6) is -0.0683. The summed E-state index contributed by atoms with van der Waals surface area (Å²) in [4.78, 5) is 11.2. The van der Waals surface area contributed by atoms with E-state index in [0.29, 0.717) is 6.42 Å². The van der Waals surface area contributed by atoms with Gasteiger partial charge in [-0.15, -0.1) is 0 Å². The van der Waals surface area contributed by atoms with Crippen molar-refractivity contribution in [3.8, 4) is 0 Å². The Labute approximate surface area is 66.2 Å². The third-order valence-electron chi connectivity index (χ3n) is 1.85. The molecule has 0 aliphatic heterocycles. The first kappa shape index (κ1) is 8.05. The molecule has 0 radical (unpaired) electrons. The molecule has 1 aliphatic carbocycles. The number of carbonyl (C=O) groups is 1. The van der Waals surface area contributed by atoms with E-state index in [-0.39, 0.29) is 17.5 Å². The minimum absolute atomic E-state index is 0.0185. The lowest BCUT2D eigenvalue weighted by molar-refractivity contribution is -0.118. The molecule has 1 unspecified atom stereocenters. The van der Waals surface area contributed by atoms with Gasteiger partial charge in [-0.3, -0.25) is 4.79 Å². The molecule has 1 rings (SSSR count). The molecule has 1 aliphatic rings. The third-order valence-corrected chi connectivity index (χ3v) is 1.85. The molecule has 0 spiro atoms. The minimum atomic E-state index is -0.293. The van der Waals surface area contributed by atoms with E-state index >= 15 is 0 Å². The van der Waals surface area contributed by atoms with Crippen molar-refractivity contribution in [3.05, 3.63) is 23.5 Å². The Bertz CT molecular complexity index is 236. The van der Waals surface area contributed by atoms with Crippen LogP contribution in [0.25, 0.3) is 0 Å². The van der Waals surface area contributed by atoms with Crippen molar-refractivity contribution in [1.29, 1.82) is 0 Å². The van der Waals surface area contributed by atoms with Crippen molar-refractivity contribution < 1.29 is 9.90 Å². The lowest BCUT2D eigenvalue weighted by Crippen LogP contribution is -2.17. The second-order valence-electron chi connectivity index (χ2n) is 2.82. The quantitative estimate of drug-likeness (QED) is 0.623. The van der Waals surface area contributed by atoms with E-state index in [4.69, 9.17) is 0 Å². The lowest BCUT2D eigenvalue weighted by Gasteiger charge is -2.14. The normalized spacial score (nSPS) is 24.5. The molecule has 1 N–H and O–H groups in total. The van der Waals surface area contributed by atoms with Crippen molar-refractivity contribution in [2.24, 2.45) is 5.92 Å². The summed E-state index contributed by atoms with van der Waals surface area (Å²) in [6, 6.07) is 0. The molecule has 0 aromatic heterocycles. The highest BCUT2D eigenvalue weighted by Crippen LogP contribution is 2.21. The van der Waals surface area contributed by atoms with E-state index in [1.165, 1.54) is 0 Å². The standard InChI is InChI=1S/C9H12O2/c1-3-7-8(10)4-6(2)5-9(7)11/h4-5,7,10H,3H2,1-2H3. The molecular weight excluding hydrogens is 140 g/mol. The van der Waals surface area contributed by atoms with Crippen LogP contribution in [0.1, 0.15) is 20.3 Å². The van der Waals surface area contributed by atoms with Gasteiger partial charge in [0.15, 0.2) is 5.78 Å². The van der Waals surface area contributed by atoms with Gasteiger partial charge in [0, 0.05) is 0 Å². The topological polar surface area (TPSA) is 37.3 Å². The number of ketones is 1. The van der Waals surface area contributed by atoms with Crippen molar-refractivity contribution in [2.45, 2.75) is 20.3 Å². The van der Waals surface area contributed by atoms with E-state index in [2.05, 4.69) is 0 Å². The van der Waals surface area contributed by atoms with Crippen LogP contribution in [0.3, 0.4) is 0 Å². The number of aliphatic hydroxyl groups excluding tert-OH is 1. The average Bonchev–Trinajstić information content (AvgIpc) is 1.85. The average molecular weight is 152 g/mol. The van der Waals surface area contributed by atoms with Gasteiger partial charge in [0.2, 0.25) is 0 Å². The molecule has 0 saturated heterocycles. The first-order valence-corrected chi connectivity index (χ1v) is 3.78. The Morgan fingerprint density at radius 1 is 1.55 bits per heavy atom. The molecule has 0 bridgehead atoms. The Hall–Kier alpha value is -1.05. The molecule has 2 nitrogen and oxygen atoms in total. The molecule has 0 saturated carbocycles. The maximum atomic E-state index is 11.2. The third kappa shape index (κ3) is 1.50. The molecule has 60 valence electrons. The van der Waals surface area contributed by atoms with Gasteiger partial charge in [0.1, 0.15) is 5.76 Å². The highest BCUT2D eigenvalue weighted by molar-refractivity contribution is 5.95. The van der Waals surface area contributed by atoms with Crippen LogP contribution in [-0.2, 0) is 4.79 Å². The second-order valence-corrected chi connectivity index (χ2v) is 2.82. The van der Waals surface area contributed by atoms with Crippen LogP contribution in [0.2, 0.25) is 0 Å². The fourth-order valence-corrected chi connectivity index (χ4v) is 1.26. The van der Waals surface area contributed by atoms with Crippen molar-refractivity contribution >= 4 is 5.78 Å². The largest absolute Gasteiger partial charge is 0.512 e. The molecule has 0 aromatic carbocycles. The zero-order chi connectivity index (χ0) is 8.43. The SMILES string of the molecule is CCC1C(=O)C=C(C)C=C1O. The van der Waals surface area contributed by atoms with Crippen LogP contribution in [-0.4, -0.2) is 10.9 Å². The van der Waals surface area contributed by atoms with E-state index < -0.39 is 0 Å². The number of aliphatic hydroxyl groups is 1. The maximum Gasteiger partial charge on any atom is 0.166 e. The monoisotopic (exact) mass is 152 g/mol. The number of allylic oxidation sites excluding steroid dienone is 4. The molecule has 2 heteroatoms. The Morgan fingerprint density at radius 3 is 2.64 bits per heavy atom. The Morgan fingerprint density at radius 2 is 2.18 bits per heavy atom. The summed E-state index contributed by atoms with van der Waals surface area (Å²) < 4.78 is 0. The van der Waals surface area contributed by atoms with Gasteiger partial charge in [-0.1, -0.05) is 6.92 Å². The van der Waals surface area contributed by atoms with E-state index in [9.17, 15) is 9.90 Å². The molecule has 0 fully saturated rings. The van der Waals surface area contributed by atoms with Crippen molar-refractivity contribution in [3.63, 3.8) is 0 Å². The van der Waals surface area contributed by atoms with E-state index in [1.54, 1.807) is 19.1 Å². The summed E-state index contributed by atoms with van der Waals surface area (Å²) in [6.45, 7) is 3.70. The Balaban J connectivity index is 2.91. The smallest absolute Gasteiger partial charge is 0.166 e. The van der Waals surface area contributed by atoms with Gasteiger partial charge in [0.05, 0.1) is 5.92 Å². The summed E-state index contributed by atoms with van der Waals surface area (Å²) in [6.07, 6.45) is 3.90. The van der Waals surface area contributed by atoms with Gasteiger partial charge >= 0.3 is 0 Å². The van der Waals surface area contributed by atoms with Crippen molar-refractivity contribution in [2.75, 3.05) is 0 Å². The van der Waals surface area contributed by atoms with Crippen LogP contribution >= 0.6 is 0 Å². The molecular formula is C9H12O2. The summed E-state index contributed by atoms with van der Waals surface area (Å²) in [7, 11) is 0. The fourth-order valence-electron chi connectivity index (χ4n) is 1.26. The van der Waals surface area contributed by atoms with Crippen LogP contribution in [0.5, 0.6) is 0 Å². The van der Waals surface area contributed by atoms with E-state index in [0.717, 1.165) is 5.57 Å². The number of rotatable bonds is 1. The first-order chi connectivity index (χ1) is 5.15. The zero-order valence-corrected chi connectivity index (χ0v) is 6.79. The number of carbonyl (C=O) groups excluding carboxylic acids is 1. The number of hydrogen-bond acceptors (Lipinski definition) is 2. The van der Waals surface area contributed by atoms with Crippen LogP contribution < -0.4 is 0 Å². The molecule has 11 heavy (non-hydrogen) atoms. The van der Waals surface area contributed by atoms with Gasteiger partial charge < -0.3 is 5.11 Å². The molecule has 0 aromatic rings. The van der Waals surface area contributed by atoms with Gasteiger partial charge in [-0.05, 0) is 31.1 Å². The van der Waals surface area contributed by atoms with Crippen LogP contribution in [0.15, 0.2) is 23.5 Å². The van der Waals surface area contributed by atoms with Gasteiger partial charge in [-0.2, -0.15) is 0 Å². The highest BCUT2D eigenvalue weighted by atomic mass is 16.3.